The van der Waals surface area contributed by atoms with Crippen molar-refractivity contribution >= 4 is 17.5 Å². The molecule has 0 radical (unpaired) electrons. The first-order chi connectivity index (χ1) is 13.5. The number of rotatable bonds is 8. The lowest BCUT2D eigenvalue weighted by atomic mass is 10.0. The predicted molar refractivity (Wildman–Crippen MR) is 103 cm³/mol. The van der Waals surface area contributed by atoms with Gasteiger partial charge in [0.1, 0.15) is 22.7 Å². The summed E-state index contributed by atoms with van der Waals surface area (Å²) in [6.07, 6.45) is 1.31. The van der Waals surface area contributed by atoms with Crippen LogP contribution in [0.1, 0.15) is 18.4 Å². The van der Waals surface area contributed by atoms with E-state index in [1.165, 1.54) is 20.3 Å². The van der Waals surface area contributed by atoms with Crippen molar-refractivity contribution < 1.29 is 23.5 Å². The zero-order valence-corrected chi connectivity index (χ0v) is 15.9. The van der Waals surface area contributed by atoms with E-state index in [9.17, 15) is 14.0 Å². The number of amides is 2. The molecule has 0 spiro atoms. The molecule has 2 N–H and O–H groups in total. The third-order valence-corrected chi connectivity index (χ3v) is 4.91. The van der Waals surface area contributed by atoms with E-state index in [0.29, 0.717) is 42.0 Å². The summed E-state index contributed by atoms with van der Waals surface area (Å²) in [5.74, 6) is 0.0285. The summed E-state index contributed by atoms with van der Waals surface area (Å²) in [5, 5.41) is 5.53. The van der Waals surface area contributed by atoms with Gasteiger partial charge in [-0.15, -0.1) is 0 Å². The van der Waals surface area contributed by atoms with Gasteiger partial charge in [0.2, 0.25) is 11.8 Å². The molecule has 0 heterocycles. The zero-order valence-electron chi connectivity index (χ0n) is 15.9. The minimum absolute atomic E-state index is 0.265. The second kappa shape index (κ2) is 8.29. The summed E-state index contributed by atoms with van der Waals surface area (Å²) in [7, 11) is 3.03. The number of carbonyl (C=O) groups is 2. The van der Waals surface area contributed by atoms with Gasteiger partial charge in [0.15, 0.2) is 0 Å². The van der Waals surface area contributed by atoms with Gasteiger partial charge in [-0.1, -0.05) is 18.2 Å². The number of hydrogen-bond acceptors (Lipinski definition) is 4. The second-order valence-corrected chi connectivity index (χ2v) is 6.70. The van der Waals surface area contributed by atoms with Crippen LogP contribution in [-0.2, 0) is 16.0 Å². The third-order valence-electron chi connectivity index (χ3n) is 4.91. The Balaban J connectivity index is 1.60. The van der Waals surface area contributed by atoms with E-state index in [2.05, 4.69) is 10.6 Å². The van der Waals surface area contributed by atoms with E-state index in [-0.39, 0.29) is 24.2 Å². The van der Waals surface area contributed by atoms with Crippen LogP contribution in [0.3, 0.4) is 0 Å². The van der Waals surface area contributed by atoms with Gasteiger partial charge in [0.25, 0.3) is 0 Å². The Morgan fingerprint density at radius 1 is 1.07 bits per heavy atom. The van der Waals surface area contributed by atoms with Gasteiger partial charge >= 0.3 is 0 Å². The maximum atomic E-state index is 13.7. The number of nitrogens with one attached hydrogen (secondary N) is 2. The van der Waals surface area contributed by atoms with Crippen molar-refractivity contribution in [2.45, 2.75) is 19.3 Å². The fourth-order valence-electron chi connectivity index (χ4n) is 3.01. The molecule has 7 heteroatoms. The van der Waals surface area contributed by atoms with Crippen molar-refractivity contribution in [3.05, 3.63) is 53.8 Å². The topological polar surface area (TPSA) is 76.7 Å². The molecule has 148 valence electrons. The van der Waals surface area contributed by atoms with Crippen LogP contribution in [0.4, 0.5) is 10.1 Å². The lowest BCUT2D eigenvalue weighted by Crippen LogP contribution is -2.40. The second-order valence-electron chi connectivity index (χ2n) is 6.70. The average Bonchev–Trinajstić information content (AvgIpc) is 3.52. The van der Waals surface area contributed by atoms with Crippen molar-refractivity contribution in [1.82, 2.24) is 5.32 Å². The standard InChI is InChI=1S/C21H23FN2O4/c1-27-15-7-8-17(18(13-15)28-2)24-20(26)21(10-11-21)19(25)23-12-9-14-5-3-4-6-16(14)22/h3-8,13H,9-12H2,1-2H3,(H,23,25)(H,24,26). The molecule has 2 amide bonds. The number of anilines is 1. The molecule has 1 fully saturated rings. The maximum Gasteiger partial charge on any atom is 0.240 e. The SMILES string of the molecule is COc1ccc(NC(=O)C2(C(=O)NCCc3ccccc3F)CC2)c(OC)c1. The summed E-state index contributed by atoms with van der Waals surface area (Å²) < 4.78 is 24.1. The molecule has 3 rings (SSSR count). The number of benzene rings is 2. The highest BCUT2D eigenvalue weighted by atomic mass is 19.1. The lowest BCUT2D eigenvalue weighted by Gasteiger charge is -2.17. The summed E-state index contributed by atoms with van der Waals surface area (Å²) in [6, 6.07) is 11.5. The summed E-state index contributed by atoms with van der Waals surface area (Å²) in [5.41, 5.74) is -0.0843. The molecule has 2 aromatic rings. The molecule has 28 heavy (non-hydrogen) atoms. The highest BCUT2D eigenvalue weighted by Crippen LogP contribution is 2.47. The van der Waals surface area contributed by atoms with Crippen LogP contribution >= 0.6 is 0 Å². The fraction of sp³-hybridized carbons (Fsp3) is 0.333. The largest absolute Gasteiger partial charge is 0.497 e. The number of hydrogen-bond donors (Lipinski definition) is 2. The minimum Gasteiger partial charge on any atom is -0.497 e. The van der Waals surface area contributed by atoms with E-state index in [1.807, 2.05) is 0 Å². The van der Waals surface area contributed by atoms with E-state index >= 15 is 0 Å². The van der Waals surface area contributed by atoms with Gasteiger partial charge in [-0.3, -0.25) is 9.59 Å². The first-order valence-corrected chi connectivity index (χ1v) is 9.05. The molecule has 0 aliphatic heterocycles. The van der Waals surface area contributed by atoms with Crippen LogP contribution in [-0.4, -0.2) is 32.6 Å². The van der Waals surface area contributed by atoms with Crippen LogP contribution in [0.15, 0.2) is 42.5 Å². The Hall–Kier alpha value is -3.09. The molecule has 0 atom stereocenters. The lowest BCUT2D eigenvalue weighted by molar-refractivity contribution is -0.134. The number of halogens is 1. The predicted octanol–water partition coefficient (Wildman–Crippen LogP) is 2.92. The maximum absolute atomic E-state index is 13.7. The molecule has 0 aromatic heterocycles. The Bertz CT molecular complexity index is 880. The van der Waals surface area contributed by atoms with Gasteiger partial charge in [0.05, 0.1) is 19.9 Å². The Labute approximate surface area is 163 Å². The first kappa shape index (κ1) is 19.7. The highest BCUT2D eigenvalue weighted by Gasteiger charge is 2.56. The molecule has 1 aliphatic rings. The van der Waals surface area contributed by atoms with Crippen molar-refractivity contribution in [3.63, 3.8) is 0 Å². The van der Waals surface area contributed by atoms with Gasteiger partial charge in [-0.25, -0.2) is 4.39 Å². The molecule has 6 nitrogen and oxygen atoms in total. The molecule has 2 aromatic carbocycles. The molecule has 0 unspecified atom stereocenters. The van der Waals surface area contributed by atoms with Crippen LogP contribution in [0, 0.1) is 11.2 Å². The molecule has 1 saturated carbocycles. The van der Waals surface area contributed by atoms with Gasteiger partial charge < -0.3 is 20.1 Å². The van der Waals surface area contributed by atoms with E-state index in [1.54, 1.807) is 36.4 Å². The summed E-state index contributed by atoms with van der Waals surface area (Å²) in [4.78, 5) is 25.3. The monoisotopic (exact) mass is 386 g/mol. The number of ether oxygens (including phenoxy) is 2. The van der Waals surface area contributed by atoms with E-state index < -0.39 is 5.41 Å². The van der Waals surface area contributed by atoms with Crippen molar-refractivity contribution in [2.75, 3.05) is 26.1 Å². The average molecular weight is 386 g/mol. The van der Waals surface area contributed by atoms with E-state index in [4.69, 9.17) is 9.47 Å². The minimum atomic E-state index is -1.08. The van der Waals surface area contributed by atoms with Crippen LogP contribution in [0.2, 0.25) is 0 Å². The summed E-state index contributed by atoms with van der Waals surface area (Å²) in [6.45, 7) is 0.265. The van der Waals surface area contributed by atoms with Crippen LogP contribution < -0.4 is 20.1 Å². The molecule has 0 saturated heterocycles. The Morgan fingerprint density at radius 3 is 2.46 bits per heavy atom. The molecular weight excluding hydrogens is 363 g/mol. The van der Waals surface area contributed by atoms with Gasteiger partial charge in [0, 0.05) is 12.6 Å². The van der Waals surface area contributed by atoms with Crippen molar-refractivity contribution in [2.24, 2.45) is 5.41 Å². The van der Waals surface area contributed by atoms with Crippen molar-refractivity contribution in [3.8, 4) is 11.5 Å². The smallest absolute Gasteiger partial charge is 0.240 e. The number of methoxy groups -OCH3 is 2. The normalized spacial score (nSPS) is 14.1. The molecule has 0 bridgehead atoms. The van der Waals surface area contributed by atoms with Gasteiger partial charge in [-0.05, 0) is 43.0 Å². The number of carbonyl (C=O) groups excluding carboxylic acids is 2. The summed E-state index contributed by atoms with van der Waals surface area (Å²) >= 11 is 0. The van der Waals surface area contributed by atoms with Crippen LogP contribution in [0.5, 0.6) is 11.5 Å². The highest BCUT2D eigenvalue weighted by molar-refractivity contribution is 6.13. The van der Waals surface area contributed by atoms with Crippen LogP contribution in [0.25, 0.3) is 0 Å². The third kappa shape index (κ3) is 4.08. The van der Waals surface area contributed by atoms with Crippen molar-refractivity contribution in [1.29, 1.82) is 0 Å². The molecule has 1 aliphatic carbocycles. The fourth-order valence-corrected chi connectivity index (χ4v) is 3.01. The quantitative estimate of drug-likeness (QED) is 0.684. The first-order valence-electron chi connectivity index (χ1n) is 9.05. The Morgan fingerprint density at radius 2 is 1.82 bits per heavy atom. The van der Waals surface area contributed by atoms with Gasteiger partial charge in [-0.2, -0.15) is 0 Å². The zero-order chi connectivity index (χ0) is 20.1. The van der Waals surface area contributed by atoms with E-state index in [0.717, 1.165) is 0 Å². The molecular formula is C21H23FN2O4. The Kier molecular flexibility index (Phi) is 5.82.